The number of amides is 1. The van der Waals surface area contributed by atoms with Crippen molar-refractivity contribution in [2.24, 2.45) is 0 Å². The number of hydrogen-bond donors (Lipinski definition) is 3. The smallest absolute Gasteiger partial charge is 0.407 e. The minimum Gasteiger partial charge on any atom is -0.481 e. The monoisotopic (exact) mass is 296 g/mol. The maximum atomic E-state index is 11.4. The Balaban J connectivity index is 2.27. The number of ether oxygens (including phenoxy) is 2. The summed E-state index contributed by atoms with van der Waals surface area (Å²) in [6.07, 6.45) is 0.305. The molecule has 1 amide bonds. The van der Waals surface area contributed by atoms with Crippen molar-refractivity contribution in [2.75, 3.05) is 31.2 Å². The van der Waals surface area contributed by atoms with Gasteiger partial charge in [-0.3, -0.25) is 0 Å². The quantitative estimate of drug-likeness (QED) is 0.694. The van der Waals surface area contributed by atoms with Crippen LogP contribution in [0.1, 0.15) is 27.2 Å². The number of nitrogens with zero attached hydrogens (tertiary/aromatic N) is 1. The second kappa shape index (κ2) is 7.56. The summed E-state index contributed by atoms with van der Waals surface area (Å²) >= 11 is 0. The lowest BCUT2D eigenvalue weighted by Crippen LogP contribution is -2.33. The van der Waals surface area contributed by atoms with E-state index in [-0.39, 0.29) is 0 Å². The third kappa shape index (κ3) is 6.69. The Morgan fingerprint density at radius 1 is 1.33 bits per heavy atom. The number of nitrogens with two attached hydrogens (primary N) is 1. The van der Waals surface area contributed by atoms with E-state index in [0.29, 0.717) is 30.5 Å². The van der Waals surface area contributed by atoms with Gasteiger partial charge in [0.05, 0.1) is 12.8 Å². The van der Waals surface area contributed by atoms with Gasteiger partial charge < -0.3 is 25.8 Å². The van der Waals surface area contributed by atoms with Crippen LogP contribution in [0, 0.1) is 0 Å². The van der Waals surface area contributed by atoms with Crippen LogP contribution in [0.15, 0.2) is 12.1 Å². The number of methoxy groups -OCH3 is 1. The molecule has 118 valence electrons. The summed E-state index contributed by atoms with van der Waals surface area (Å²) < 4.78 is 10.2. The molecule has 0 fully saturated rings. The second-order valence-corrected chi connectivity index (χ2v) is 5.50. The maximum Gasteiger partial charge on any atom is 0.407 e. The zero-order valence-corrected chi connectivity index (χ0v) is 13.0. The Labute approximate surface area is 125 Å². The van der Waals surface area contributed by atoms with Crippen LogP contribution in [0.4, 0.5) is 16.3 Å². The highest BCUT2D eigenvalue weighted by molar-refractivity contribution is 5.67. The van der Waals surface area contributed by atoms with Crippen LogP contribution < -0.4 is 21.1 Å². The molecule has 0 radical (unpaired) electrons. The van der Waals surface area contributed by atoms with Gasteiger partial charge in [0.25, 0.3) is 0 Å². The van der Waals surface area contributed by atoms with Gasteiger partial charge in [-0.2, -0.15) is 4.98 Å². The molecule has 4 N–H and O–H groups in total. The molecular formula is C14H24N4O3. The Hall–Kier alpha value is -2.18. The molecule has 0 atom stereocenters. The highest BCUT2D eigenvalue weighted by Crippen LogP contribution is 2.19. The van der Waals surface area contributed by atoms with Gasteiger partial charge in [-0.1, -0.05) is 0 Å². The molecule has 21 heavy (non-hydrogen) atoms. The number of anilines is 2. The largest absolute Gasteiger partial charge is 0.481 e. The van der Waals surface area contributed by atoms with E-state index in [0.717, 1.165) is 6.42 Å². The van der Waals surface area contributed by atoms with E-state index in [9.17, 15) is 4.79 Å². The molecule has 7 nitrogen and oxygen atoms in total. The second-order valence-electron chi connectivity index (χ2n) is 5.50. The van der Waals surface area contributed by atoms with Crippen LogP contribution in [-0.2, 0) is 4.74 Å². The fourth-order valence-electron chi connectivity index (χ4n) is 1.51. The summed E-state index contributed by atoms with van der Waals surface area (Å²) in [6, 6.07) is 3.43. The third-order valence-corrected chi connectivity index (χ3v) is 2.42. The summed E-state index contributed by atoms with van der Waals surface area (Å²) in [5, 5.41) is 5.79. The summed E-state index contributed by atoms with van der Waals surface area (Å²) in [7, 11) is 1.55. The van der Waals surface area contributed by atoms with E-state index in [2.05, 4.69) is 15.6 Å². The minimum absolute atomic E-state index is 0.415. The van der Waals surface area contributed by atoms with Gasteiger partial charge in [-0.25, -0.2) is 4.79 Å². The van der Waals surface area contributed by atoms with Crippen molar-refractivity contribution in [1.29, 1.82) is 0 Å². The van der Waals surface area contributed by atoms with Crippen LogP contribution in [0.25, 0.3) is 0 Å². The van der Waals surface area contributed by atoms with Crippen molar-refractivity contribution >= 4 is 17.6 Å². The van der Waals surface area contributed by atoms with Crippen molar-refractivity contribution in [3.05, 3.63) is 12.1 Å². The zero-order valence-electron chi connectivity index (χ0n) is 13.0. The summed E-state index contributed by atoms with van der Waals surface area (Å²) in [5.41, 5.74) is 5.87. The lowest BCUT2D eigenvalue weighted by Gasteiger charge is -2.19. The Bertz CT molecular complexity index is 472. The Morgan fingerprint density at radius 3 is 2.67 bits per heavy atom. The average Bonchev–Trinajstić information content (AvgIpc) is 2.38. The van der Waals surface area contributed by atoms with Gasteiger partial charge in [0.2, 0.25) is 5.88 Å². The first-order chi connectivity index (χ1) is 9.81. The molecule has 1 heterocycles. The predicted molar refractivity (Wildman–Crippen MR) is 82.5 cm³/mol. The normalized spacial score (nSPS) is 10.9. The third-order valence-electron chi connectivity index (χ3n) is 2.42. The van der Waals surface area contributed by atoms with Crippen molar-refractivity contribution in [1.82, 2.24) is 10.3 Å². The number of carbonyl (C=O) groups excluding carboxylic acids is 1. The minimum atomic E-state index is -0.485. The molecule has 0 spiro atoms. The fraction of sp³-hybridized carbons (Fsp3) is 0.571. The molecule has 0 aliphatic heterocycles. The number of alkyl carbamates (subject to hydrolysis) is 1. The number of carbonyl (C=O) groups is 1. The van der Waals surface area contributed by atoms with Gasteiger partial charge >= 0.3 is 6.09 Å². The number of pyridine rings is 1. The van der Waals surface area contributed by atoms with Gasteiger partial charge in [-0.15, -0.1) is 0 Å². The number of hydrogen-bond acceptors (Lipinski definition) is 6. The van der Waals surface area contributed by atoms with Crippen LogP contribution in [0.2, 0.25) is 0 Å². The first-order valence-electron chi connectivity index (χ1n) is 6.83. The highest BCUT2D eigenvalue weighted by atomic mass is 16.6. The Kier molecular flexibility index (Phi) is 6.08. The van der Waals surface area contributed by atoms with Crippen molar-refractivity contribution in [2.45, 2.75) is 32.8 Å². The van der Waals surface area contributed by atoms with Gasteiger partial charge in [0, 0.05) is 19.2 Å². The number of rotatable bonds is 6. The SMILES string of the molecule is COc1ccc(N)c(NCCCNC(=O)OC(C)(C)C)n1. The molecule has 1 rings (SSSR count). The molecule has 0 aromatic carbocycles. The van der Waals surface area contributed by atoms with E-state index in [1.54, 1.807) is 19.2 Å². The average molecular weight is 296 g/mol. The first-order valence-corrected chi connectivity index (χ1v) is 6.83. The van der Waals surface area contributed by atoms with Gasteiger partial charge in [-0.05, 0) is 33.3 Å². The van der Waals surface area contributed by atoms with Crippen LogP contribution in [-0.4, -0.2) is 36.9 Å². The lowest BCUT2D eigenvalue weighted by atomic mass is 10.2. The topological polar surface area (TPSA) is 98.5 Å². The predicted octanol–water partition coefficient (Wildman–Crippen LogP) is 2.00. The van der Waals surface area contributed by atoms with Crippen LogP contribution in [0.3, 0.4) is 0 Å². The van der Waals surface area contributed by atoms with E-state index >= 15 is 0 Å². The number of nitrogen functional groups attached to an aromatic ring is 1. The molecule has 0 unspecified atom stereocenters. The van der Waals surface area contributed by atoms with Crippen molar-refractivity contribution in [3.8, 4) is 5.88 Å². The molecular weight excluding hydrogens is 272 g/mol. The molecule has 0 aliphatic carbocycles. The molecule has 1 aromatic heterocycles. The van der Waals surface area contributed by atoms with Crippen LogP contribution in [0.5, 0.6) is 5.88 Å². The molecule has 0 aliphatic rings. The number of nitrogens with one attached hydrogen (secondary N) is 2. The molecule has 1 aromatic rings. The molecule has 0 saturated carbocycles. The highest BCUT2D eigenvalue weighted by Gasteiger charge is 2.15. The number of aromatic nitrogens is 1. The van der Waals surface area contributed by atoms with E-state index in [1.807, 2.05) is 20.8 Å². The molecule has 7 heteroatoms. The summed E-state index contributed by atoms with van der Waals surface area (Å²) in [5.74, 6) is 1.07. The molecule has 0 saturated heterocycles. The van der Waals surface area contributed by atoms with E-state index < -0.39 is 11.7 Å². The Morgan fingerprint density at radius 2 is 2.05 bits per heavy atom. The van der Waals surface area contributed by atoms with E-state index in [1.165, 1.54) is 0 Å². The first kappa shape index (κ1) is 16.9. The van der Waals surface area contributed by atoms with Gasteiger partial charge in [0.1, 0.15) is 5.60 Å². The molecule has 0 bridgehead atoms. The van der Waals surface area contributed by atoms with E-state index in [4.69, 9.17) is 15.2 Å². The van der Waals surface area contributed by atoms with Gasteiger partial charge in [0.15, 0.2) is 5.82 Å². The standard InChI is InChI=1S/C14H24N4O3/c1-14(2,3)21-13(19)17-9-5-8-16-12-10(15)6-7-11(18-12)20-4/h6-7H,5,8-9,15H2,1-4H3,(H,16,18)(H,17,19). The maximum absolute atomic E-state index is 11.4. The zero-order chi connectivity index (χ0) is 15.9. The van der Waals surface area contributed by atoms with Crippen molar-refractivity contribution < 1.29 is 14.3 Å². The van der Waals surface area contributed by atoms with Crippen molar-refractivity contribution in [3.63, 3.8) is 0 Å². The lowest BCUT2D eigenvalue weighted by molar-refractivity contribution is 0.0528. The summed E-state index contributed by atoms with van der Waals surface area (Å²) in [4.78, 5) is 15.6. The fourth-order valence-corrected chi connectivity index (χ4v) is 1.51. The van der Waals surface area contributed by atoms with Crippen LogP contribution >= 0.6 is 0 Å². The summed E-state index contributed by atoms with van der Waals surface area (Å²) in [6.45, 7) is 6.61.